The van der Waals surface area contributed by atoms with E-state index < -0.39 is 0 Å². The molecular formula is C18H19N5O. The normalized spacial score (nSPS) is 16.4. The van der Waals surface area contributed by atoms with Gasteiger partial charge in [-0.15, -0.1) is 0 Å². The number of anilines is 1. The van der Waals surface area contributed by atoms with Gasteiger partial charge in [0.2, 0.25) is 5.95 Å². The highest BCUT2D eigenvalue weighted by molar-refractivity contribution is 5.94. The number of fused-ring (bicyclic) bond motifs is 3. The second-order valence-corrected chi connectivity index (χ2v) is 5.72. The van der Waals surface area contributed by atoms with E-state index in [1.54, 1.807) is 0 Å². The number of aliphatic imine (C=N–C) groups is 1. The second-order valence-electron chi connectivity index (χ2n) is 5.72. The standard InChI is InChI=1S/C18H19N5O/c1-2-11-24-13-9-7-12(8-10-13)16-21-17(19)22-18-20-14-5-3-4-6-15(14)23(16)18/h3-10,16H,2,11H2,1H3,(H3,19,20,21,22). The molecule has 122 valence electrons. The number of para-hydroxylation sites is 2. The summed E-state index contributed by atoms with van der Waals surface area (Å²) in [7, 11) is 0. The average Bonchev–Trinajstić information content (AvgIpc) is 2.97. The Labute approximate surface area is 140 Å². The van der Waals surface area contributed by atoms with Crippen LogP contribution in [0, 0.1) is 0 Å². The molecule has 0 aliphatic carbocycles. The summed E-state index contributed by atoms with van der Waals surface area (Å²) in [6, 6.07) is 16.0. The molecule has 3 N–H and O–H groups in total. The first-order valence-corrected chi connectivity index (χ1v) is 8.06. The first-order valence-electron chi connectivity index (χ1n) is 8.06. The van der Waals surface area contributed by atoms with Crippen LogP contribution in [-0.2, 0) is 0 Å². The average molecular weight is 321 g/mol. The van der Waals surface area contributed by atoms with Crippen LogP contribution in [0.1, 0.15) is 25.1 Å². The third-order valence-electron chi connectivity index (χ3n) is 3.99. The summed E-state index contributed by atoms with van der Waals surface area (Å²) in [5.41, 5.74) is 8.93. The number of imidazole rings is 1. The van der Waals surface area contributed by atoms with Gasteiger partial charge in [0.05, 0.1) is 17.6 Å². The third-order valence-corrected chi connectivity index (χ3v) is 3.99. The van der Waals surface area contributed by atoms with Crippen LogP contribution in [0.15, 0.2) is 53.5 Å². The Hall–Kier alpha value is -3.02. The van der Waals surface area contributed by atoms with Gasteiger partial charge in [0.1, 0.15) is 5.75 Å². The van der Waals surface area contributed by atoms with Gasteiger partial charge in [0, 0.05) is 0 Å². The van der Waals surface area contributed by atoms with Crippen LogP contribution in [0.5, 0.6) is 5.75 Å². The summed E-state index contributed by atoms with van der Waals surface area (Å²) in [6.07, 6.45) is 0.746. The Bertz CT molecular complexity index is 897. The number of ether oxygens (including phenoxy) is 1. The molecule has 0 radical (unpaired) electrons. The van der Waals surface area contributed by atoms with Gasteiger partial charge in [-0.25, -0.2) is 9.98 Å². The van der Waals surface area contributed by atoms with E-state index in [4.69, 9.17) is 10.5 Å². The van der Waals surface area contributed by atoms with Crippen LogP contribution < -0.4 is 15.8 Å². The molecule has 1 unspecified atom stereocenters. The lowest BCUT2D eigenvalue weighted by atomic mass is 10.1. The lowest BCUT2D eigenvalue weighted by Crippen LogP contribution is -2.31. The summed E-state index contributed by atoms with van der Waals surface area (Å²) < 4.78 is 7.71. The van der Waals surface area contributed by atoms with E-state index >= 15 is 0 Å². The quantitative estimate of drug-likeness (QED) is 0.774. The smallest absolute Gasteiger partial charge is 0.212 e. The van der Waals surface area contributed by atoms with Crippen LogP contribution in [0.4, 0.5) is 5.95 Å². The number of guanidine groups is 1. The van der Waals surface area contributed by atoms with Crippen molar-refractivity contribution in [1.82, 2.24) is 9.55 Å². The molecule has 2 heterocycles. The topological polar surface area (TPSA) is 77.5 Å². The molecule has 1 aromatic heterocycles. The number of nitrogens with two attached hydrogens (primary N) is 1. The maximum atomic E-state index is 5.96. The summed E-state index contributed by atoms with van der Waals surface area (Å²) in [4.78, 5) is 9.18. The monoisotopic (exact) mass is 321 g/mol. The van der Waals surface area contributed by atoms with E-state index in [2.05, 4.69) is 26.8 Å². The van der Waals surface area contributed by atoms with Crippen molar-refractivity contribution in [3.05, 3.63) is 54.1 Å². The maximum absolute atomic E-state index is 5.96. The van der Waals surface area contributed by atoms with Gasteiger partial charge in [0.25, 0.3) is 0 Å². The summed E-state index contributed by atoms with van der Waals surface area (Å²) in [6.45, 7) is 2.81. The minimum atomic E-state index is -0.242. The zero-order chi connectivity index (χ0) is 16.5. The van der Waals surface area contributed by atoms with Crippen LogP contribution in [-0.4, -0.2) is 22.1 Å². The van der Waals surface area contributed by atoms with E-state index in [1.165, 1.54) is 0 Å². The van der Waals surface area contributed by atoms with Crippen LogP contribution in [0.3, 0.4) is 0 Å². The van der Waals surface area contributed by atoms with Crippen molar-refractivity contribution in [2.24, 2.45) is 10.7 Å². The predicted octanol–water partition coefficient (Wildman–Crippen LogP) is 3.11. The number of aromatic nitrogens is 2. The molecule has 1 aliphatic rings. The van der Waals surface area contributed by atoms with Crippen LogP contribution in [0.2, 0.25) is 0 Å². The highest BCUT2D eigenvalue weighted by Crippen LogP contribution is 2.32. The molecule has 0 amide bonds. The fourth-order valence-corrected chi connectivity index (χ4v) is 2.90. The predicted molar refractivity (Wildman–Crippen MR) is 95.3 cm³/mol. The molecule has 3 aromatic rings. The van der Waals surface area contributed by atoms with Crippen molar-refractivity contribution in [2.75, 3.05) is 11.9 Å². The first kappa shape index (κ1) is 14.6. The second kappa shape index (κ2) is 5.88. The Morgan fingerprint density at radius 3 is 2.75 bits per heavy atom. The minimum Gasteiger partial charge on any atom is -0.494 e. The van der Waals surface area contributed by atoms with E-state index in [0.29, 0.717) is 18.5 Å². The summed E-state index contributed by atoms with van der Waals surface area (Å²) in [5.74, 6) is 1.94. The van der Waals surface area contributed by atoms with Gasteiger partial charge in [-0.1, -0.05) is 31.2 Å². The van der Waals surface area contributed by atoms with Gasteiger partial charge in [-0.05, 0) is 36.2 Å². The van der Waals surface area contributed by atoms with Crippen molar-refractivity contribution < 1.29 is 4.74 Å². The first-order chi connectivity index (χ1) is 11.8. The Balaban J connectivity index is 1.76. The lowest BCUT2D eigenvalue weighted by Gasteiger charge is -2.24. The van der Waals surface area contributed by atoms with Crippen molar-refractivity contribution in [1.29, 1.82) is 0 Å². The fourth-order valence-electron chi connectivity index (χ4n) is 2.90. The molecule has 6 heteroatoms. The summed E-state index contributed by atoms with van der Waals surface area (Å²) >= 11 is 0. The number of hydrogen-bond donors (Lipinski definition) is 2. The Morgan fingerprint density at radius 1 is 1.17 bits per heavy atom. The molecule has 0 fully saturated rings. The number of benzene rings is 2. The van der Waals surface area contributed by atoms with Crippen LogP contribution >= 0.6 is 0 Å². The molecule has 2 aromatic carbocycles. The van der Waals surface area contributed by atoms with Crippen LogP contribution in [0.25, 0.3) is 11.0 Å². The van der Waals surface area contributed by atoms with Gasteiger partial charge in [-0.3, -0.25) is 9.88 Å². The van der Waals surface area contributed by atoms with Gasteiger partial charge >= 0.3 is 0 Å². The van der Waals surface area contributed by atoms with Crippen molar-refractivity contribution in [3.8, 4) is 5.75 Å². The number of rotatable bonds is 4. The van der Waals surface area contributed by atoms with Crippen molar-refractivity contribution in [3.63, 3.8) is 0 Å². The molecule has 1 atom stereocenters. The zero-order valence-corrected chi connectivity index (χ0v) is 13.4. The molecule has 0 spiro atoms. The van der Waals surface area contributed by atoms with Crippen molar-refractivity contribution >= 4 is 22.9 Å². The fraction of sp³-hybridized carbons (Fsp3) is 0.222. The number of nitrogens with one attached hydrogen (secondary N) is 1. The molecular weight excluding hydrogens is 302 g/mol. The molecule has 1 aliphatic heterocycles. The summed E-state index contributed by atoms with van der Waals surface area (Å²) in [5, 5.41) is 3.04. The van der Waals surface area contributed by atoms with E-state index in [-0.39, 0.29) is 6.17 Å². The molecule has 4 rings (SSSR count). The Morgan fingerprint density at radius 2 is 1.96 bits per heavy atom. The van der Waals surface area contributed by atoms with Gasteiger partial charge in [0.15, 0.2) is 12.1 Å². The molecule has 6 nitrogen and oxygen atoms in total. The number of hydrogen-bond acceptors (Lipinski definition) is 5. The molecule has 0 saturated heterocycles. The van der Waals surface area contributed by atoms with E-state index in [1.807, 2.05) is 48.5 Å². The van der Waals surface area contributed by atoms with Gasteiger partial charge < -0.3 is 10.5 Å². The SMILES string of the molecule is CCCOc1ccc(C2N=C(N)Nc3nc4ccccc4n32)cc1. The lowest BCUT2D eigenvalue weighted by molar-refractivity contribution is 0.317. The van der Waals surface area contributed by atoms with Gasteiger partial charge in [-0.2, -0.15) is 0 Å². The zero-order valence-electron chi connectivity index (χ0n) is 13.4. The Kier molecular flexibility index (Phi) is 3.57. The third kappa shape index (κ3) is 2.46. The largest absolute Gasteiger partial charge is 0.494 e. The van der Waals surface area contributed by atoms with Crippen molar-refractivity contribution in [2.45, 2.75) is 19.5 Å². The molecule has 0 bridgehead atoms. The number of nitrogens with zero attached hydrogens (tertiary/aromatic N) is 3. The van der Waals surface area contributed by atoms with E-state index in [0.717, 1.165) is 28.8 Å². The highest BCUT2D eigenvalue weighted by Gasteiger charge is 2.24. The molecule has 24 heavy (non-hydrogen) atoms. The molecule has 0 saturated carbocycles. The maximum Gasteiger partial charge on any atom is 0.212 e. The minimum absolute atomic E-state index is 0.242. The highest BCUT2D eigenvalue weighted by atomic mass is 16.5. The van der Waals surface area contributed by atoms with E-state index in [9.17, 15) is 0 Å².